The molecule has 4 atom stereocenters. The van der Waals surface area contributed by atoms with Gasteiger partial charge in [-0.15, -0.1) is 5.10 Å². The van der Waals surface area contributed by atoms with Crippen LogP contribution in [0, 0.1) is 11.7 Å². The zero-order chi connectivity index (χ0) is 17.4. The summed E-state index contributed by atoms with van der Waals surface area (Å²) in [5, 5.41) is 32.3. The minimum atomic E-state index is -0.822. The predicted octanol–water partition coefficient (Wildman–Crippen LogP) is 1.19. The highest BCUT2D eigenvalue weighted by molar-refractivity contribution is 5.16. The Labute approximate surface area is 145 Å². The molecule has 2 fully saturated rings. The standard InChI is InChI=1S/C18H23FN4O2/c19-14-5-1-11(2-6-14)8-20-15-7-13(17(24)18(15)25)9-23-10-16(21-22-23)12-3-4-12/h1-2,5-6,10,12-13,15,17-18,20,24-25H,3-4,7-9H2. The molecule has 6 nitrogen and oxygen atoms in total. The van der Waals surface area contributed by atoms with Crippen LogP contribution < -0.4 is 5.32 Å². The lowest BCUT2D eigenvalue weighted by Gasteiger charge is -2.18. The molecule has 4 rings (SSSR count). The Morgan fingerprint density at radius 3 is 2.64 bits per heavy atom. The van der Waals surface area contributed by atoms with Crippen LogP contribution in [-0.4, -0.2) is 43.5 Å². The van der Waals surface area contributed by atoms with Crippen LogP contribution in [0.25, 0.3) is 0 Å². The van der Waals surface area contributed by atoms with Gasteiger partial charge in [-0.2, -0.15) is 0 Å². The van der Waals surface area contributed by atoms with E-state index in [1.807, 2.05) is 6.20 Å². The average molecular weight is 346 g/mol. The monoisotopic (exact) mass is 346 g/mol. The smallest absolute Gasteiger partial charge is 0.123 e. The third kappa shape index (κ3) is 3.73. The molecule has 3 N–H and O–H groups in total. The van der Waals surface area contributed by atoms with Gasteiger partial charge in [-0.3, -0.25) is 4.68 Å². The van der Waals surface area contributed by atoms with E-state index in [2.05, 4.69) is 15.6 Å². The second-order valence-corrected chi connectivity index (χ2v) is 7.23. The van der Waals surface area contributed by atoms with E-state index in [0.29, 0.717) is 25.4 Å². The van der Waals surface area contributed by atoms with Crippen LogP contribution in [0.1, 0.15) is 36.4 Å². The first-order chi connectivity index (χ1) is 12.1. The van der Waals surface area contributed by atoms with E-state index in [1.165, 1.54) is 25.0 Å². The van der Waals surface area contributed by atoms with Crippen LogP contribution in [0.2, 0.25) is 0 Å². The van der Waals surface area contributed by atoms with Crippen molar-refractivity contribution in [1.82, 2.24) is 20.3 Å². The molecule has 0 saturated heterocycles. The van der Waals surface area contributed by atoms with Crippen LogP contribution >= 0.6 is 0 Å². The SMILES string of the molecule is OC1C(Cn2cc(C3CC3)nn2)CC(NCc2ccc(F)cc2)C1O. The fraction of sp³-hybridized carbons (Fsp3) is 0.556. The first-order valence-corrected chi connectivity index (χ1v) is 8.84. The van der Waals surface area contributed by atoms with E-state index < -0.39 is 12.2 Å². The quantitative estimate of drug-likeness (QED) is 0.732. The Balaban J connectivity index is 1.33. The number of nitrogens with one attached hydrogen (secondary N) is 1. The molecular formula is C18H23FN4O2. The lowest BCUT2D eigenvalue weighted by molar-refractivity contribution is 0.00722. The number of aromatic nitrogens is 3. The zero-order valence-corrected chi connectivity index (χ0v) is 13.9. The summed E-state index contributed by atoms with van der Waals surface area (Å²) in [5.41, 5.74) is 1.97. The normalized spacial score (nSPS) is 29.2. The lowest BCUT2D eigenvalue weighted by Crippen LogP contribution is -2.39. The van der Waals surface area contributed by atoms with E-state index in [0.717, 1.165) is 11.3 Å². The number of hydrogen-bond acceptors (Lipinski definition) is 5. The molecule has 2 aliphatic carbocycles. The first kappa shape index (κ1) is 16.6. The van der Waals surface area contributed by atoms with Crippen molar-refractivity contribution in [2.45, 2.75) is 56.5 Å². The van der Waals surface area contributed by atoms with E-state index in [9.17, 15) is 14.6 Å². The molecule has 0 bridgehead atoms. The summed E-state index contributed by atoms with van der Waals surface area (Å²) in [5.74, 6) is 0.214. The van der Waals surface area contributed by atoms with Crippen molar-refractivity contribution in [1.29, 1.82) is 0 Å². The van der Waals surface area contributed by atoms with Gasteiger partial charge in [0, 0.05) is 37.2 Å². The summed E-state index contributed by atoms with van der Waals surface area (Å²) in [6.07, 6.45) is 3.35. The van der Waals surface area contributed by atoms with Gasteiger partial charge >= 0.3 is 0 Å². The maximum atomic E-state index is 12.9. The van der Waals surface area contributed by atoms with Crippen molar-refractivity contribution in [2.24, 2.45) is 5.92 Å². The topological polar surface area (TPSA) is 83.2 Å². The van der Waals surface area contributed by atoms with Crippen LogP contribution in [0.4, 0.5) is 4.39 Å². The van der Waals surface area contributed by atoms with Gasteiger partial charge < -0.3 is 15.5 Å². The highest BCUT2D eigenvalue weighted by Crippen LogP contribution is 2.38. The molecule has 4 unspecified atom stereocenters. The molecular weight excluding hydrogens is 323 g/mol. The van der Waals surface area contributed by atoms with Crippen molar-refractivity contribution < 1.29 is 14.6 Å². The molecule has 2 aliphatic rings. The molecule has 1 aromatic heterocycles. The number of halogens is 1. The highest BCUT2D eigenvalue weighted by Gasteiger charge is 2.41. The summed E-state index contributed by atoms with van der Waals surface area (Å²) < 4.78 is 14.7. The van der Waals surface area contributed by atoms with E-state index in [4.69, 9.17) is 0 Å². The predicted molar refractivity (Wildman–Crippen MR) is 89.1 cm³/mol. The van der Waals surface area contributed by atoms with Gasteiger partial charge in [-0.05, 0) is 37.0 Å². The fourth-order valence-electron chi connectivity index (χ4n) is 3.57. The summed E-state index contributed by atoms with van der Waals surface area (Å²) in [4.78, 5) is 0. The summed E-state index contributed by atoms with van der Waals surface area (Å²) in [6, 6.07) is 6.07. The average Bonchev–Trinajstić information content (AvgIpc) is 3.31. The second kappa shape index (κ2) is 6.82. The molecule has 1 aromatic carbocycles. The largest absolute Gasteiger partial charge is 0.390 e. The second-order valence-electron chi connectivity index (χ2n) is 7.23. The van der Waals surface area contributed by atoms with E-state index in [-0.39, 0.29) is 17.8 Å². The first-order valence-electron chi connectivity index (χ1n) is 8.84. The van der Waals surface area contributed by atoms with Crippen molar-refractivity contribution in [2.75, 3.05) is 0 Å². The molecule has 1 heterocycles. The van der Waals surface area contributed by atoms with Crippen LogP contribution in [0.5, 0.6) is 0 Å². The third-order valence-corrected chi connectivity index (χ3v) is 5.26. The van der Waals surface area contributed by atoms with Crippen LogP contribution in [-0.2, 0) is 13.1 Å². The number of hydrogen-bond donors (Lipinski definition) is 3. The summed E-state index contributed by atoms with van der Waals surface area (Å²) in [6.45, 7) is 1.07. The number of nitrogens with zero attached hydrogens (tertiary/aromatic N) is 3. The molecule has 0 spiro atoms. The Hall–Kier alpha value is -1.83. The summed E-state index contributed by atoms with van der Waals surface area (Å²) in [7, 11) is 0. The zero-order valence-electron chi connectivity index (χ0n) is 13.9. The minimum Gasteiger partial charge on any atom is -0.390 e. The van der Waals surface area contributed by atoms with Gasteiger partial charge in [-0.1, -0.05) is 17.3 Å². The molecule has 0 radical (unpaired) electrons. The lowest BCUT2D eigenvalue weighted by atomic mass is 10.1. The third-order valence-electron chi connectivity index (χ3n) is 5.26. The van der Waals surface area contributed by atoms with Crippen molar-refractivity contribution >= 4 is 0 Å². The number of aliphatic hydroxyl groups is 2. The number of rotatable bonds is 6. The maximum Gasteiger partial charge on any atom is 0.123 e. The Kier molecular flexibility index (Phi) is 4.54. The number of benzene rings is 1. The van der Waals surface area contributed by atoms with Gasteiger partial charge in [0.05, 0.1) is 17.9 Å². The number of aliphatic hydroxyl groups excluding tert-OH is 2. The van der Waals surface area contributed by atoms with Crippen molar-refractivity contribution in [3.8, 4) is 0 Å². The molecule has 7 heteroatoms. The van der Waals surface area contributed by atoms with Crippen molar-refractivity contribution in [3.05, 3.63) is 47.5 Å². The van der Waals surface area contributed by atoms with Crippen molar-refractivity contribution in [3.63, 3.8) is 0 Å². The Morgan fingerprint density at radius 1 is 1.16 bits per heavy atom. The van der Waals surface area contributed by atoms with Crippen LogP contribution in [0.15, 0.2) is 30.5 Å². The minimum absolute atomic E-state index is 0.0746. The highest BCUT2D eigenvalue weighted by atomic mass is 19.1. The molecule has 0 amide bonds. The van der Waals surface area contributed by atoms with Gasteiger partial charge in [0.25, 0.3) is 0 Å². The molecule has 134 valence electrons. The Bertz CT molecular complexity index is 716. The molecule has 0 aliphatic heterocycles. The molecule has 2 aromatic rings. The van der Waals surface area contributed by atoms with Crippen LogP contribution in [0.3, 0.4) is 0 Å². The molecule has 25 heavy (non-hydrogen) atoms. The Morgan fingerprint density at radius 2 is 1.92 bits per heavy atom. The van der Waals surface area contributed by atoms with E-state index >= 15 is 0 Å². The van der Waals surface area contributed by atoms with E-state index in [1.54, 1.807) is 16.8 Å². The fourth-order valence-corrected chi connectivity index (χ4v) is 3.57. The van der Waals surface area contributed by atoms with Gasteiger partial charge in [0.15, 0.2) is 0 Å². The molecule has 2 saturated carbocycles. The summed E-state index contributed by atoms with van der Waals surface area (Å²) >= 11 is 0. The maximum absolute atomic E-state index is 12.9. The van der Waals surface area contributed by atoms with Gasteiger partial charge in [-0.25, -0.2) is 4.39 Å². The van der Waals surface area contributed by atoms with Gasteiger partial charge in [0.1, 0.15) is 5.82 Å². The van der Waals surface area contributed by atoms with Gasteiger partial charge in [0.2, 0.25) is 0 Å².